The summed E-state index contributed by atoms with van der Waals surface area (Å²) >= 11 is 0. The van der Waals surface area contributed by atoms with E-state index in [0.29, 0.717) is 28.1 Å². The molecule has 0 bridgehead atoms. The van der Waals surface area contributed by atoms with Crippen molar-refractivity contribution in [1.29, 1.82) is 0 Å². The number of aliphatic hydroxyl groups is 1. The highest BCUT2D eigenvalue weighted by atomic mass is 16.5. The first kappa shape index (κ1) is 15.4. The lowest BCUT2D eigenvalue weighted by molar-refractivity contribution is 0.0580. The quantitative estimate of drug-likeness (QED) is 0.932. The van der Waals surface area contributed by atoms with Crippen LogP contribution in [0.15, 0.2) is 10.6 Å². The van der Waals surface area contributed by atoms with Crippen LogP contribution in [0.2, 0.25) is 0 Å². The number of aliphatic hydroxyl groups excluding tert-OH is 1. The van der Waals surface area contributed by atoms with Gasteiger partial charge in [-0.1, -0.05) is 5.16 Å². The van der Waals surface area contributed by atoms with Crippen LogP contribution in [0.5, 0.6) is 0 Å². The van der Waals surface area contributed by atoms with Gasteiger partial charge in [0.1, 0.15) is 0 Å². The third-order valence-electron chi connectivity index (χ3n) is 3.32. The largest absolute Gasteiger partial charge is 0.392 e. The van der Waals surface area contributed by atoms with Crippen LogP contribution in [0.3, 0.4) is 0 Å². The number of aromatic nitrogens is 2. The van der Waals surface area contributed by atoms with Gasteiger partial charge in [0.15, 0.2) is 0 Å². The van der Waals surface area contributed by atoms with Gasteiger partial charge in [0.2, 0.25) is 0 Å². The van der Waals surface area contributed by atoms with E-state index in [1.807, 2.05) is 20.8 Å². The molecule has 0 aliphatic carbocycles. The van der Waals surface area contributed by atoms with E-state index in [-0.39, 0.29) is 18.5 Å². The Morgan fingerprint density at radius 3 is 2.62 bits per heavy atom. The third kappa shape index (κ3) is 3.05. The van der Waals surface area contributed by atoms with E-state index in [0.717, 1.165) is 0 Å². The summed E-state index contributed by atoms with van der Waals surface area (Å²) in [4.78, 5) is 18.8. The molecular formula is C15H21N3O3. The SMILES string of the molecule is Cc1cc(C(=O)N(CC(C)O)C(C)C)c2c(C)noc2n1. The summed E-state index contributed by atoms with van der Waals surface area (Å²) in [5, 5.41) is 14.1. The number of nitrogens with zero attached hydrogens (tertiary/aromatic N) is 3. The highest BCUT2D eigenvalue weighted by Gasteiger charge is 2.25. The van der Waals surface area contributed by atoms with Crippen LogP contribution in [-0.4, -0.2) is 44.7 Å². The van der Waals surface area contributed by atoms with Gasteiger partial charge in [-0.3, -0.25) is 4.79 Å². The number of amides is 1. The van der Waals surface area contributed by atoms with E-state index < -0.39 is 6.10 Å². The van der Waals surface area contributed by atoms with Crippen LogP contribution in [0.25, 0.3) is 11.1 Å². The van der Waals surface area contributed by atoms with Crippen LogP contribution < -0.4 is 0 Å². The Hall–Kier alpha value is -1.95. The van der Waals surface area contributed by atoms with Crippen molar-refractivity contribution in [3.8, 4) is 0 Å². The lowest BCUT2D eigenvalue weighted by Crippen LogP contribution is -2.41. The van der Waals surface area contributed by atoms with Crippen molar-refractivity contribution in [3.05, 3.63) is 23.0 Å². The predicted octanol–water partition coefficient (Wildman–Crippen LogP) is 2.07. The number of aryl methyl sites for hydroxylation is 2. The van der Waals surface area contributed by atoms with Gasteiger partial charge in [-0.2, -0.15) is 0 Å². The van der Waals surface area contributed by atoms with Crippen molar-refractivity contribution in [2.45, 2.75) is 46.8 Å². The fourth-order valence-electron chi connectivity index (χ4n) is 2.35. The molecule has 2 heterocycles. The van der Waals surface area contributed by atoms with Crippen LogP contribution in [0, 0.1) is 13.8 Å². The van der Waals surface area contributed by atoms with Gasteiger partial charge in [-0.15, -0.1) is 0 Å². The minimum Gasteiger partial charge on any atom is -0.392 e. The standard InChI is InChI=1S/C15H21N3O3/c1-8(2)18(7-10(4)19)15(20)12-6-9(3)16-14-13(12)11(5)17-21-14/h6,8,10,19H,7H2,1-5H3. The first-order valence-corrected chi connectivity index (χ1v) is 7.04. The van der Waals surface area contributed by atoms with Crippen molar-refractivity contribution in [2.24, 2.45) is 0 Å². The minimum atomic E-state index is -0.585. The Kier molecular flexibility index (Phi) is 4.27. The summed E-state index contributed by atoms with van der Waals surface area (Å²) in [7, 11) is 0. The molecule has 1 unspecified atom stereocenters. The van der Waals surface area contributed by atoms with E-state index in [4.69, 9.17) is 4.52 Å². The van der Waals surface area contributed by atoms with E-state index in [9.17, 15) is 9.90 Å². The Labute approximate surface area is 123 Å². The monoisotopic (exact) mass is 291 g/mol. The molecule has 0 aliphatic rings. The third-order valence-corrected chi connectivity index (χ3v) is 3.32. The number of fused-ring (bicyclic) bond motifs is 1. The second kappa shape index (κ2) is 5.81. The van der Waals surface area contributed by atoms with E-state index >= 15 is 0 Å². The number of carbonyl (C=O) groups excluding carboxylic acids is 1. The molecule has 1 amide bonds. The van der Waals surface area contributed by atoms with E-state index in [1.165, 1.54) is 0 Å². The lowest BCUT2D eigenvalue weighted by Gasteiger charge is -2.28. The summed E-state index contributed by atoms with van der Waals surface area (Å²) in [6, 6.07) is 1.72. The fraction of sp³-hybridized carbons (Fsp3) is 0.533. The molecule has 114 valence electrons. The Morgan fingerprint density at radius 1 is 1.38 bits per heavy atom. The molecule has 1 atom stereocenters. The number of rotatable bonds is 4. The molecule has 2 aromatic rings. The Bertz CT molecular complexity index is 661. The maximum Gasteiger partial charge on any atom is 0.258 e. The molecule has 0 spiro atoms. The highest BCUT2D eigenvalue weighted by Crippen LogP contribution is 2.24. The number of hydrogen-bond acceptors (Lipinski definition) is 5. The Balaban J connectivity index is 2.53. The first-order chi connectivity index (χ1) is 9.81. The summed E-state index contributed by atoms with van der Waals surface area (Å²) in [6.45, 7) is 9.39. The van der Waals surface area contributed by atoms with Crippen molar-refractivity contribution >= 4 is 17.0 Å². The summed E-state index contributed by atoms with van der Waals surface area (Å²) in [5.74, 6) is -0.146. The van der Waals surface area contributed by atoms with Crippen molar-refractivity contribution < 1.29 is 14.4 Å². The molecule has 21 heavy (non-hydrogen) atoms. The maximum atomic E-state index is 12.9. The Morgan fingerprint density at radius 2 is 2.05 bits per heavy atom. The topological polar surface area (TPSA) is 79.5 Å². The second-order valence-corrected chi connectivity index (χ2v) is 5.66. The van der Waals surface area contributed by atoms with Crippen LogP contribution in [-0.2, 0) is 0 Å². The predicted molar refractivity (Wildman–Crippen MR) is 79.1 cm³/mol. The van der Waals surface area contributed by atoms with Gasteiger partial charge in [-0.05, 0) is 40.7 Å². The van der Waals surface area contributed by atoms with Gasteiger partial charge >= 0.3 is 0 Å². The molecule has 6 heteroatoms. The molecule has 0 fully saturated rings. The van der Waals surface area contributed by atoms with E-state index in [1.54, 1.807) is 24.8 Å². The average Bonchev–Trinajstić information content (AvgIpc) is 2.75. The summed E-state index contributed by atoms with van der Waals surface area (Å²) in [5.41, 5.74) is 2.23. The summed E-state index contributed by atoms with van der Waals surface area (Å²) < 4.78 is 5.16. The van der Waals surface area contributed by atoms with Crippen molar-refractivity contribution in [3.63, 3.8) is 0 Å². The van der Waals surface area contributed by atoms with Gasteiger partial charge in [0.05, 0.1) is 22.7 Å². The lowest BCUT2D eigenvalue weighted by atomic mass is 10.1. The van der Waals surface area contributed by atoms with Crippen LogP contribution in [0.4, 0.5) is 0 Å². The molecule has 0 saturated carbocycles. The van der Waals surface area contributed by atoms with E-state index in [2.05, 4.69) is 10.1 Å². The summed E-state index contributed by atoms with van der Waals surface area (Å²) in [6.07, 6.45) is -0.585. The molecule has 6 nitrogen and oxygen atoms in total. The van der Waals surface area contributed by atoms with Crippen molar-refractivity contribution in [2.75, 3.05) is 6.54 Å². The molecule has 0 radical (unpaired) electrons. The maximum absolute atomic E-state index is 12.9. The first-order valence-electron chi connectivity index (χ1n) is 7.04. The number of hydrogen-bond donors (Lipinski definition) is 1. The van der Waals surface area contributed by atoms with Gasteiger partial charge in [0, 0.05) is 18.3 Å². The zero-order valence-corrected chi connectivity index (χ0v) is 13.0. The molecular weight excluding hydrogens is 270 g/mol. The van der Waals surface area contributed by atoms with Gasteiger partial charge in [-0.25, -0.2) is 4.98 Å². The van der Waals surface area contributed by atoms with Crippen LogP contribution in [0.1, 0.15) is 42.5 Å². The highest BCUT2D eigenvalue weighted by molar-refractivity contribution is 6.06. The van der Waals surface area contributed by atoms with Crippen molar-refractivity contribution in [1.82, 2.24) is 15.0 Å². The normalized spacial score (nSPS) is 12.9. The molecule has 2 rings (SSSR count). The zero-order chi connectivity index (χ0) is 15.7. The average molecular weight is 291 g/mol. The molecule has 0 aliphatic heterocycles. The second-order valence-electron chi connectivity index (χ2n) is 5.66. The van der Waals surface area contributed by atoms with Gasteiger partial charge < -0.3 is 14.5 Å². The fourth-order valence-corrected chi connectivity index (χ4v) is 2.35. The number of pyridine rings is 1. The minimum absolute atomic E-state index is 0.0178. The molecule has 2 aromatic heterocycles. The van der Waals surface area contributed by atoms with Gasteiger partial charge in [0.25, 0.3) is 11.6 Å². The zero-order valence-electron chi connectivity index (χ0n) is 13.0. The smallest absolute Gasteiger partial charge is 0.258 e. The molecule has 1 N–H and O–H groups in total. The van der Waals surface area contributed by atoms with Crippen LogP contribution >= 0.6 is 0 Å². The molecule has 0 saturated heterocycles. The molecule has 0 aromatic carbocycles. The number of carbonyl (C=O) groups is 1.